The molecule has 0 unspecified atom stereocenters. The van der Waals surface area contributed by atoms with Crippen LogP contribution in [0.15, 0.2) is 42.5 Å². The SMILES string of the molecule is N#Cc1ccc(COC(=O)CNC(=O)c2ccc(Cl)c(Cl)c2)cc1. The van der Waals surface area contributed by atoms with Gasteiger partial charge in [-0.15, -0.1) is 0 Å². The van der Waals surface area contributed by atoms with Crippen LogP contribution in [-0.2, 0) is 16.1 Å². The van der Waals surface area contributed by atoms with Crippen LogP contribution < -0.4 is 5.32 Å². The number of nitrogens with zero attached hydrogens (tertiary/aromatic N) is 1. The molecule has 1 N–H and O–H groups in total. The Morgan fingerprint density at radius 1 is 1.08 bits per heavy atom. The third-order valence-corrected chi connectivity index (χ3v) is 3.80. The minimum Gasteiger partial charge on any atom is -0.460 e. The molecule has 0 aliphatic carbocycles. The van der Waals surface area contributed by atoms with Gasteiger partial charge in [0.1, 0.15) is 13.2 Å². The van der Waals surface area contributed by atoms with Gasteiger partial charge in [0, 0.05) is 5.56 Å². The highest BCUT2D eigenvalue weighted by Crippen LogP contribution is 2.22. The lowest BCUT2D eigenvalue weighted by atomic mass is 10.2. The summed E-state index contributed by atoms with van der Waals surface area (Å²) in [6.07, 6.45) is 0. The Morgan fingerprint density at radius 3 is 2.42 bits per heavy atom. The Morgan fingerprint density at radius 2 is 1.79 bits per heavy atom. The van der Waals surface area contributed by atoms with Crippen LogP contribution in [0.4, 0.5) is 0 Å². The first-order valence-electron chi connectivity index (χ1n) is 6.87. The molecule has 1 amide bonds. The lowest BCUT2D eigenvalue weighted by molar-refractivity contribution is -0.143. The summed E-state index contributed by atoms with van der Waals surface area (Å²) in [4.78, 5) is 23.6. The topological polar surface area (TPSA) is 79.2 Å². The molecule has 0 aliphatic rings. The second-order valence-electron chi connectivity index (χ2n) is 4.78. The summed E-state index contributed by atoms with van der Waals surface area (Å²) in [6, 6.07) is 13.1. The van der Waals surface area contributed by atoms with Crippen molar-refractivity contribution in [1.82, 2.24) is 5.32 Å². The van der Waals surface area contributed by atoms with E-state index in [-0.39, 0.29) is 18.2 Å². The van der Waals surface area contributed by atoms with Crippen molar-refractivity contribution in [3.05, 3.63) is 69.2 Å². The van der Waals surface area contributed by atoms with E-state index in [1.807, 2.05) is 6.07 Å². The molecule has 5 nitrogen and oxygen atoms in total. The highest BCUT2D eigenvalue weighted by atomic mass is 35.5. The smallest absolute Gasteiger partial charge is 0.325 e. The molecule has 0 heterocycles. The predicted molar refractivity (Wildman–Crippen MR) is 89.7 cm³/mol. The van der Waals surface area contributed by atoms with Crippen LogP contribution in [0.2, 0.25) is 10.0 Å². The monoisotopic (exact) mass is 362 g/mol. The van der Waals surface area contributed by atoms with Crippen LogP contribution in [0.1, 0.15) is 21.5 Å². The van der Waals surface area contributed by atoms with Gasteiger partial charge in [-0.3, -0.25) is 9.59 Å². The van der Waals surface area contributed by atoms with Crippen molar-refractivity contribution >= 4 is 35.1 Å². The Labute approximate surface area is 148 Å². The van der Waals surface area contributed by atoms with E-state index in [9.17, 15) is 9.59 Å². The molecular formula is C17H12Cl2N2O3. The first-order chi connectivity index (χ1) is 11.5. The van der Waals surface area contributed by atoms with E-state index in [0.29, 0.717) is 16.1 Å². The van der Waals surface area contributed by atoms with Crippen LogP contribution in [0.3, 0.4) is 0 Å². The minimum atomic E-state index is -0.576. The Bertz CT molecular complexity index is 798. The zero-order chi connectivity index (χ0) is 17.5. The second-order valence-corrected chi connectivity index (χ2v) is 5.60. The molecule has 0 saturated heterocycles. The van der Waals surface area contributed by atoms with E-state index in [0.717, 1.165) is 5.56 Å². The Kier molecular flexibility index (Phi) is 6.19. The van der Waals surface area contributed by atoms with E-state index in [1.165, 1.54) is 18.2 Å². The molecule has 0 aliphatic heterocycles. The van der Waals surface area contributed by atoms with Crippen molar-refractivity contribution in [3.8, 4) is 6.07 Å². The maximum absolute atomic E-state index is 11.9. The number of halogens is 2. The summed E-state index contributed by atoms with van der Waals surface area (Å²) < 4.78 is 5.05. The predicted octanol–water partition coefficient (Wildman–Crippen LogP) is 3.34. The number of rotatable bonds is 5. The fourth-order valence-electron chi connectivity index (χ4n) is 1.78. The molecule has 2 aromatic carbocycles. The first-order valence-corrected chi connectivity index (χ1v) is 7.63. The van der Waals surface area contributed by atoms with Crippen molar-refractivity contribution in [2.45, 2.75) is 6.61 Å². The Hall–Kier alpha value is -2.55. The molecule has 2 aromatic rings. The first kappa shape index (κ1) is 17.8. The summed E-state index contributed by atoms with van der Waals surface area (Å²) in [6.45, 7) is -0.206. The van der Waals surface area contributed by atoms with Gasteiger partial charge in [-0.05, 0) is 35.9 Å². The van der Waals surface area contributed by atoms with Crippen LogP contribution in [-0.4, -0.2) is 18.4 Å². The molecule has 0 saturated carbocycles. The van der Waals surface area contributed by atoms with Crippen LogP contribution in [0.25, 0.3) is 0 Å². The molecule has 0 spiro atoms. The number of hydrogen-bond acceptors (Lipinski definition) is 4. The average molecular weight is 363 g/mol. The summed E-state index contributed by atoms with van der Waals surface area (Å²) in [5.74, 6) is -1.03. The number of benzene rings is 2. The summed E-state index contributed by atoms with van der Waals surface area (Å²) in [7, 11) is 0. The van der Waals surface area contributed by atoms with Gasteiger partial charge in [-0.2, -0.15) is 5.26 Å². The number of esters is 1. The summed E-state index contributed by atoms with van der Waals surface area (Å²) >= 11 is 11.6. The largest absolute Gasteiger partial charge is 0.460 e. The van der Waals surface area contributed by atoms with Crippen molar-refractivity contribution in [3.63, 3.8) is 0 Å². The molecule has 122 valence electrons. The standard InChI is InChI=1S/C17H12Cl2N2O3/c18-14-6-5-13(7-15(14)19)17(23)21-9-16(22)24-10-12-3-1-11(8-20)2-4-12/h1-7H,9-10H2,(H,21,23). The lowest BCUT2D eigenvalue weighted by Gasteiger charge is -2.07. The molecule has 0 aromatic heterocycles. The number of nitrogens with one attached hydrogen (secondary N) is 1. The third kappa shape index (κ3) is 4.98. The molecule has 0 atom stereocenters. The molecule has 0 bridgehead atoms. The van der Waals surface area contributed by atoms with Gasteiger partial charge in [0.05, 0.1) is 21.7 Å². The highest BCUT2D eigenvalue weighted by Gasteiger charge is 2.10. The molecule has 24 heavy (non-hydrogen) atoms. The lowest BCUT2D eigenvalue weighted by Crippen LogP contribution is -2.30. The zero-order valence-corrected chi connectivity index (χ0v) is 13.9. The second kappa shape index (κ2) is 8.34. The van der Waals surface area contributed by atoms with Gasteiger partial charge in [0.25, 0.3) is 5.91 Å². The van der Waals surface area contributed by atoms with Crippen molar-refractivity contribution < 1.29 is 14.3 Å². The van der Waals surface area contributed by atoms with Gasteiger partial charge < -0.3 is 10.1 Å². The highest BCUT2D eigenvalue weighted by molar-refractivity contribution is 6.42. The fraction of sp³-hybridized carbons (Fsp3) is 0.118. The van der Waals surface area contributed by atoms with Crippen LogP contribution in [0, 0.1) is 11.3 Å². The maximum atomic E-state index is 11.9. The normalized spacial score (nSPS) is 9.88. The number of carbonyl (C=O) groups excluding carboxylic acids is 2. The Balaban J connectivity index is 1.80. The average Bonchev–Trinajstić information content (AvgIpc) is 2.60. The van der Waals surface area contributed by atoms with Gasteiger partial charge >= 0.3 is 5.97 Å². The van der Waals surface area contributed by atoms with E-state index >= 15 is 0 Å². The van der Waals surface area contributed by atoms with Crippen molar-refractivity contribution in [2.75, 3.05) is 6.54 Å². The maximum Gasteiger partial charge on any atom is 0.325 e. The van der Waals surface area contributed by atoms with Crippen LogP contribution in [0.5, 0.6) is 0 Å². The number of carbonyl (C=O) groups is 2. The summed E-state index contributed by atoms with van der Waals surface area (Å²) in [5.41, 5.74) is 1.57. The summed E-state index contributed by atoms with van der Waals surface area (Å²) in [5, 5.41) is 11.7. The van der Waals surface area contributed by atoms with Crippen molar-refractivity contribution in [2.24, 2.45) is 0 Å². The number of amides is 1. The molecule has 7 heteroatoms. The molecular weight excluding hydrogens is 351 g/mol. The zero-order valence-electron chi connectivity index (χ0n) is 12.4. The third-order valence-electron chi connectivity index (χ3n) is 3.06. The van der Waals surface area contributed by atoms with Gasteiger partial charge in [0.2, 0.25) is 0 Å². The van der Waals surface area contributed by atoms with Gasteiger partial charge in [0.15, 0.2) is 0 Å². The van der Waals surface area contributed by atoms with E-state index in [2.05, 4.69) is 5.32 Å². The quantitative estimate of drug-likeness (QED) is 0.827. The van der Waals surface area contributed by atoms with Crippen molar-refractivity contribution in [1.29, 1.82) is 5.26 Å². The minimum absolute atomic E-state index is 0.0627. The molecule has 0 radical (unpaired) electrons. The number of ether oxygens (including phenoxy) is 1. The molecule has 0 fully saturated rings. The van der Waals surface area contributed by atoms with E-state index < -0.39 is 11.9 Å². The molecule has 2 rings (SSSR count). The van der Waals surface area contributed by atoms with Gasteiger partial charge in [-0.25, -0.2) is 0 Å². The van der Waals surface area contributed by atoms with Crippen LogP contribution >= 0.6 is 23.2 Å². The van der Waals surface area contributed by atoms with E-state index in [1.54, 1.807) is 24.3 Å². The van der Waals surface area contributed by atoms with E-state index in [4.69, 9.17) is 33.2 Å². The number of hydrogen-bond donors (Lipinski definition) is 1. The van der Waals surface area contributed by atoms with Gasteiger partial charge in [-0.1, -0.05) is 35.3 Å². The fourth-order valence-corrected chi connectivity index (χ4v) is 2.08. The number of nitriles is 1.